The predicted molar refractivity (Wildman–Crippen MR) is 93.1 cm³/mol. The number of aromatic nitrogens is 4. The van der Waals surface area contributed by atoms with Crippen LogP contribution in [-0.4, -0.2) is 45.1 Å². The Hall–Kier alpha value is -3.00. The highest BCUT2D eigenvalue weighted by molar-refractivity contribution is 5.97. The number of pyridine rings is 1. The molecule has 0 spiro atoms. The lowest BCUT2D eigenvalue weighted by atomic mass is 10.1. The second-order valence-electron chi connectivity index (χ2n) is 5.97. The second kappa shape index (κ2) is 6.48. The number of carbonyl (C=O) groups is 1. The molecule has 0 bridgehead atoms. The molecule has 3 aromatic heterocycles. The molecule has 8 heteroatoms. The number of carbonyl (C=O) groups excluding carboxylic acids is 1. The Morgan fingerprint density at radius 1 is 1.32 bits per heavy atom. The fourth-order valence-electron chi connectivity index (χ4n) is 2.96. The Balaban J connectivity index is 1.72. The molecule has 0 atom stereocenters. The lowest BCUT2D eigenvalue weighted by molar-refractivity contribution is 0.0904. The number of nitrogens with zero attached hydrogens (tertiary/aromatic N) is 3. The molecule has 128 valence electrons. The topological polar surface area (TPSA) is 119 Å². The van der Waals surface area contributed by atoms with E-state index in [0.717, 1.165) is 37.1 Å². The van der Waals surface area contributed by atoms with Crippen LogP contribution in [0.2, 0.25) is 0 Å². The highest BCUT2D eigenvalue weighted by Crippen LogP contribution is 2.25. The van der Waals surface area contributed by atoms with E-state index in [0.29, 0.717) is 17.2 Å². The number of hydrogen-bond acceptors (Lipinski definition) is 6. The largest absolute Gasteiger partial charge is 0.381 e. The number of hydrogen-bond donors (Lipinski definition) is 3. The van der Waals surface area contributed by atoms with Crippen LogP contribution >= 0.6 is 0 Å². The maximum absolute atomic E-state index is 11.8. The van der Waals surface area contributed by atoms with E-state index in [4.69, 9.17) is 10.5 Å². The lowest BCUT2D eigenvalue weighted by Gasteiger charge is -2.23. The van der Waals surface area contributed by atoms with E-state index in [1.165, 1.54) is 0 Å². The fourth-order valence-corrected chi connectivity index (χ4v) is 2.96. The highest BCUT2D eigenvalue weighted by Gasteiger charge is 2.19. The zero-order chi connectivity index (χ0) is 17.2. The molecule has 3 aromatic rings. The van der Waals surface area contributed by atoms with Gasteiger partial charge in [0.15, 0.2) is 5.69 Å². The van der Waals surface area contributed by atoms with Crippen molar-refractivity contribution in [3.8, 4) is 11.4 Å². The minimum Gasteiger partial charge on any atom is -0.381 e. The van der Waals surface area contributed by atoms with Gasteiger partial charge in [0.25, 0.3) is 5.91 Å². The Morgan fingerprint density at radius 3 is 2.92 bits per heavy atom. The van der Waals surface area contributed by atoms with Gasteiger partial charge >= 0.3 is 0 Å². The molecule has 4 N–H and O–H groups in total. The van der Waals surface area contributed by atoms with Crippen molar-refractivity contribution in [2.45, 2.75) is 18.9 Å². The van der Waals surface area contributed by atoms with Crippen molar-refractivity contribution >= 4 is 22.8 Å². The third-order valence-corrected chi connectivity index (χ3v) is 4.22. The van der Waals surface area contributed by atoms with E-state index in [1.54, 1.807) is 12.4 Å². The maximum Gasteiger partial charge on any atom is 0.269 e. The van der Waals surface area contributed by atoms with Crippen molar-refractivity contribution in [2.24, 2.45) is 5.73 Å². The van der Waals surface area contributed by atoms with Gasteiger partial charge in [0.1, 0.15) is 11.5 Å². The number of anilines is 1. The summed E-state index contributed by atoms with van der Waals surface area (Å²) in [5, 5.41) is 3.36. The average Bonchev–Trinajstić information content (AvgIpc) is 3.06. The maximum atomic E-state index is 11.8. The molecule has 1 aliphatic rings. The smallest absolute Gasteiger partial charge is 0.269 e. The minimum atomic E-state index is -0.619. The van der Waals surface area contributed by atoms with Crippen LogP contribution in [0.4, 0.5) is 5.82 Å². The van der Waals surface area contributed by atoms with Gasteiger partial charge in [-0.25, -0.2) is 9.97 Å². The summed E-state index contributed by atoms with van der Waals surface area (Å²) in [6.07, 6.45) is 5.07. The normalized spacial score (nSPS) is 15.4. The Bertz CT molecular complexity index is 883. The number of aromatic amines is 1. The molecule has 1 saturated heterocycles. The summed E-state index contributed by atoms with van der Waals surface area (Å²) in [5.74, 6) is -0.00903. The number of amides is 1. The van der Waals surface area contributed by atoms with E-state index in [9.17, 15) is 4.79 Å². The van der Waals surface area contributed by atoms with Crippen LogP contribution in [0, 0.1) is 0 Å². The number of primary amides is 1. The summed E-state index contributed by atoms with van der Waals surface area (Å²) in [6.45, 7) is 1.45. The van der Waals surface area contributed by atoms with Gasteiger partial charge in [-0.1, -0.05) is 0 Å². The van der Waals surface area contributed by atoms with Crippen LogP contribution in [0.25, 0.3) is 22.4 Å². The molecule has 4 rings (SSSR count). The van der Waals surface area contributed by atoms with E-state index >= 15 is 0 Å². The second-order valence-corrected chi connectivity index (χ2v) is 5.97. The van der Waals surface area contributed by atoms with Crippen molar-refractivity contribution in [3.63, 3.8) is 0 Å². The standard InChI is InChI=1S/C17H18N6O2/c18-17(24)16-15(13-8-12-11(22-13)2-1-5-19-12)23-14(9-20-16)21-10-3-6-25-7-4-10/h1-2,5,8-10,22H,3-4,6-7H2,(H2,18,24)(H,21,23). The number of H-pyrrole nitrogens is 1. The van der Waals surface area contributed by atoms with Gasteiger partial charge in [-0.15, -0.1) is 0 Å². The zero-order valence-electron chi connectivity index (χ0n) is 13.5. The Kier molecular flexibility index (Phi) is 4.02. The van der Waals surface area contributed by atoms with Gasteiger partial charge in [0, 0.05) is 25.5 Å². The van der Waals surface area contributed by atoms with Gasteiger partial charge in [0.05, 0.1) is 22.9 Å². The number of nitrogens with two attached hydrogens (primary N) is 1. The molecular weight excluding hydrogens is 320 g/mol. The molecule has 0 radical (unpaired) electrons. The molecule has 1 fully saturated rings. The number of rotatable bonds is 4. The first kappa shape index (κ1) is 15.5. The fraction of sp³-hybridized carbons (Fsp3) is 0.294. The zero-order valence-corrected chi connectivity index (χ0v) is 13.5. The van der Waals surface area contributed by atoms with Crippen molar-refractivity contribution in [3.05, 3.63) is 36.3 Å². The first-order valence-electron chi connectivity index (χ1n) is 8.16. The Morgan fingerprint density at radius 2 is 2.16 bits per heavy atom. The number of fused-ring (bicyclic) bond motifs is 1. The van der Waals surface area contributed by atoms with Crippen molar-refractivity contribution in [1.29, 1.82) is 0 Å². The van der Waals surface area contributed by atoms with Crippen LogP contribution in [-0.2, 0) is 4.74 Å². The third kappa shape index (κ3) is 3.16. The number of nitrogens with one attached hydrogen (secondary N) is 2. The van der Waals surface area contributed by atoms with Crippen molar-refractivity contribution < 1.29 is 9.53 Å². The summed E-state index contributed by atoms with van der Waals surface area (Å²) in [7, 11) is 0. The molecule has 8 nitrogen and oxygen atoms in total. The summed E-state index contributed by atoms with van der Waals surface area (Å²) in [4.78, 5) is 28.1. The first-order chi connectivity index (χ1) is 12.2. The molecule has 0 aromatic carbocycles. The lowest BCUT2D eigenvalue weighted by Crippen LogP contribution is -2.28. The van der Waals surface area contributed by atoms with Crippen molar-refractivity contribution in [1.82, 2.24) is 19.9 Å². The molecule has 4 heterocycles. The monoisotopic (exact) mass is 338 g/mol. The van der Waals surface area contributed by atoms with Crippen LogP contribution in [0.3, 0.4) is 0 Å². The third-order valence-electron chi connectivity index (χ3n) is 4.22. The summed E-state index contributed by atoms with van der Waals surface area (Å²) in [6, 6.07) is 5.86. The SMILES string of the molecule is NC(=O)c1ncc(NC2CCOCC2)nc1-c1cc2ncccc2[nH]1. The van der Waals surface area contributed by atoms with E-state index in [-0.39, 0.29) is 11.7 Å². The number of ether oxygens (including phenoxy) is 1. The minimum absolute atomic E-state index is 0.129. The van der Waals surface area contributed by atoms with Crippen LogP contribution in [0.15, 0.2) is 30.6 Å². The predicted octanol–water partition coefficient (Wildman–Crippen LogP) is 1.71. The highest BCUT2D eigenvalue weighted by atomic mass is 16.5. The summed E-state index contributed by atoms with van der Waals surface area (Å²) >= 11 is 0. The van der Waals surface area contributed by atoms with Crippen molar-refractivity contribution in [2.75, 3.05) is 18.5 Å². The molecular formula is C17H18N6O2. The van der Waals surface area contributed by atoms with Gasteiger partial charge in [-0.05, 0) is 31.0 Å². The molecule has 25 heavy (non-hydrogen) atoms. The first-order valence-corrected chi connectivity index (χ1v) is 8.16. The van der Waals surface area contributed by atoms with Gasteiger partial charge in [-0.2, -0.15) is 0 Å². The van der Waals surface area contributed by atoms with Crippen LogP contribution in [0.5, 0.6) is 0 Å². The molecule has 0 saturated carbocycles. The van der Waals surface area contributed by atoms with Gasteiger partial charge < -0.3 is 20.8 Å². The summed E-state index contributed by atoms with van der Waals surface area (Å²) < 4.78 is 5.37. The molecule has 1 amide bonds. The quantitative estimate of drug-likeness (QED) is 0.666. The van der Waals surface area contributed by atoms with E-state index < -0.39 is 5.91 Å². The van der Waals surface area contributed by atoms with E-state index in [1.807, 2.05) is 18.2 Å². The molecule has 0 aliphatic carbocycles. The molecule has 1 aliphatic heterocycles. The van der Waals surface area contributed by atoms with Crippen LogP contribution in [0.1, 0.15) is 23.3 Å². The van der Waals surface area contributed by atoms with E-state index in [2.05, 4.69) is 25.3 Å². The summed E-state index contributed by atoms with van der Waals surface area (Å²) in [5.41, 5.74) is 8.33. The van der Waals surface area contributed by atoms with Gasteiger partial charge in [-0.3, -0.25) is 9.78 Å². The van der Waals surface area contributed by atoms with Crippen LogP contribution < -0.4 is 11.1 Å². The average molecular weight is 338 g/mol. The van der Waals surface area contributed by atoms with Gasteiger partial charge in [0.2, 0.25) is 0 Å². The Labute approximate surface area is 143 Å². The molecule has 0 unspecified atom stereocenters.